The van der Waals surface area contributed by atoms with E-state index in [0.717, 1.165) is 6.42 Å². The van der Waals surface area contributed by atoms with Gasteiger partial charge >= 0.3 is 0 Å². The second-order valence-corrected chi connectivity index (χ2v) is 5.52. The van der Waals surface area contributed by atoms with Crippen LogP contribution in [0.4, 0.5) is 0 Å². The maximum absolute atomic E-state index is 11.8. The van der Waals surface area contributed by atoms with E-state index in [1.54, 1.807) is 7.11 Å². The van der Waals surface area contributed by atoms with Gasteiger partial charge in [0.05, 0.1) is 6.61 Å². The molecule has 1 N–H and O–H groups in total. The zero-order valence-corrected chi connectivity index (χ0v) is 12.9. The van der Waals surface area contributed by atoms with Crippen molar-refractivity contribution < 1.29 is 9.53 Å². The van der Waals surface area contributed by atoms with Gasteiger partial charge in [-0.25, -0.2) is 0 Å². The maximum Gasteiger partial charge on any atom is 0.225 e. The van der Waals surface area contributed by atoms with Crippen molar-refractivity contribution in [3.63, 3.8) is 0 Å². The summed E-state index contributed by atoms with van der Waals surface area (Å²) in [4.78, 5) is 11.8. The van der Waals surface area contributed by atoms with E-state index < -0.39 is 0 Å². The molecule has 0 saturated carbocycles. The van der Waals surface area contributed by atoms with Gasteiger partial charge in [-0.1, -0.05) is 41.5 Å². The third kappa shape index (κ3) is 8.19. The van der Waals surface area contributed by atoms with Crippen molar-refractivity contribution in [2.75, 3.05) is 20.3 Å². The summed E-state index contributed by atoms with van der Waals surface area (Å²) in [5.74, 6) is 0.120. The summed E-state index contributed by atoms with van der Waals surface area (Å²) in [6.07, 6.45) is 0.819. The fourth-order valence-electron chi connectivity index (χ4n) is 2.12. The summed E-state index contributed by atoms with van der Waals surface area (Å²) < 4.78 is 5.16. The summed E-state index contributed by atoms with van der Waals surface area (Å²) in [5.41, 5.74) is -0.304. The predicted molar refractivity (Wildman–Crippen MR) is 74.1 cm³/mol. The Hall–Kier alpha value is -0.570. The molecular formula is C14H31NO2. The molecule has 0 saturated heterocycles. The highest BCUT2D eigenvalue weighted by atomic mass is 16.5. The number of ether oxygens (including phenoxy) is 1. The van der Waals surface area contributed by atoms with Crippen molar-refractivity contribution in [3.05, 3.63) is 0 Å². The average molecular weight is 245 g/mol. The molecule has 0 unspecified atom stereocenters. The van der Waals surface area contributed by atoms with E-state index in [4.69, 9.17) is 4.74 Å². The van der Waals surface area contributed by atoms with E-state index in [1.165, 1.54) is 0 Å². The molecule has 0 radical (unpaired) electrons. The van der Waals surface area contributed by atoms with Gasteiger partial charge in [-0.05, 0) is 18.8 Å². The lowest BCUT2D eigenvalue weighted by Gasteiger charge is -2.33. The quantitative estimate of drug-likeness (QED) is 0.780. The van der Waals surface area contributed by atoms with Gasteiger partial charge in [-0.15, -0.1) is 0 Å². The molecule has 0 fully saturated rings. The Balaban J connectivity index is 0. The van der Waals surface area contributed by atoms with Crippen LogP contribution in [0.1, 0.15) is 54.9 Å². The van der Waals surface area contributed by atoms with Crippen molar-refractivity contribution >= 4 is 5.91 Å². The molecule has 0 bridgehead atoms. The lowest BCUT2D eigenvalue weighted by molar-refractivity contribution is -0.131. The largest absolute Gasteiger partial charge is 0.384 e. The SMILES string of the molecule is CC.CCNC(=O)C(C)(C)CC(C)(C)COC. The molecule has 3 heteroatoms. The molecule has 0 aliphatic rings. The Morgan fingerprint density at radius 3 is 2.00 bits per heavy atom. The molecule has 0 aromatic rings. The molecule has 0 aromatic carbocycles. The number of carbonyl (C=O) groups excluding carboxylic acids is 1. The first-order valence-electron chi connectivity index (χ1n) is 6.52. The Morgan fingerprint density at radius 1 is 1.18 bits per heavy atom. The molecular weight excluding hydrogens is 214 g/mol. The zero-order valence-electron chi connectivity index (χ0n) is 12.9. The molecule has 0 spiro atoms. The summed E-state index contributed by atoms with van der Waals surface area (Å²) in [6, 6.07) is 0. The van der Waals surface area contributed by atoms with Crippen LogP contribution in [0.2, 0.25) is 0 Å². The van der Waals surface area contributed by atoms with Gasteiger partial charge in [0.2, 0.25) is 5.91 Å². The third-order valence-electron chi connectivity index (χ3n) is 2.41. The minimum atomic E-state index is -0.335. The van der Waals surface area contributed by atoms with E-state index in [0.29, 0.717) is 13.2 Å². The number of methoxy groups -OCH3 is 1. The average Bonchev–Trinajstić information content (AvgIpc) is 2.19. The van der Waals surface area contributed by atoms with Gasteiger partial charge in [0, 0.05) is 19.1 Å². The normalized spacial score (nSPS) is 11.5. The minimum Gasteiger partial charge on any atom is -0.384 e. The number of rotatable bonds is 6. The van der Waals surface area contributed by atoms with Crippen LogP contribution >= 0.6 is 0 Å². The summed E-state index contributed by atoms with van der Waals surface area (Å²) in [5, 5.41) is 2.87. The molecule has 104 valence electrons. The standard InChI is InChI=1S/C12H25NO2.C2H6/c1-7-13-10(14)12(4,5)8-11(2,3)9-15-6;1-2/h7-9H2,1-6H3,(H,13,14);1-2H3. The first-order valence-corrected chi connectivity index (χ1v) is 6.52. The van der Waals surface area contributed by atoms with E-state index in [9.17, 15) is 4.79 Å². The van der Waals surface area contributed by atoms with Gasteiger partial charge in [0.25, 0.3) is 0 Å². The summed E-state index contributed by atoms with van der Waals surface area (Å²) in [7, 11) is 1.70. The Kier molecular flexibility index (Phi) is 9.40. The number of carbonyl (C=O) groups is 1. The highest BCUT2D eigenvalue weighted by molar-refractivity contribution is 5.81. The number of hydrogen-bond acceptors (Lipinski definition) is 2. The van der Waals surface area contributed by atoms with Gasteiger partial charge in [-0.2, -0.15) is 0 Å². The minimum absolute atomic E-state index is 0.0311. The van der Waals surface area contributed by atoms with Crippen LogP contribution in [-0.4, -0.2) is 26.2 Å². The number of hydrogen-bond donors (Lipinski definition) is 1. The molecule has 17 heavy (non-hydrogen) atoms. The monoisotopic (exact) mass is 245 g/mol. The molecule has 0 aromatic heterocycles. The van der Waals surface area contributed by atoms with Crippen LogP contribution in [-0.2, 0) is 9.53 Å². The second-order valence-electron chi connectivity index (χ2n) is 5.52. The fourth-order valence-corrected chi connectivity index (χ4v) is 2.12. The Labute approximate surface area is 107 Å². The second kappa shape index (κ2) is 8.51. The van der Waals surface area contributed by atoms with Crippen molar-refractivity contribution in [1.82, 2.24) is 5.32 Å². The molecule has 0 aliphatic heterocycles. The van der Waals surface area contributed by atoms with Crippen LogP contribution in [0.15, 0.2) is 0 Å². The van der Waals surface area contributed by atoms with Gasteiger partial charge < -0.3 is 10.1 Å². The molecule has 0 heterocycles. The Bertz CT molecular complexity index is 210. The van der Waals surface area contributed by atoms with Gasteiger partial charge in [-0.3, -0.25) is 4.79 Å². The van der Waals surface area contributed by atoms with Crippen LogP contribution in [0, 0.1) is 10.8 Å². The zero-order chi connectivity index (χ0) is 14.1. The highest BCUT2D eigenvalue weighted by Gasteiger charge is 2.34. The van der Waals surface area contributed by atoms with Crippen molar-refractivity contribution in [2.24, 2.45) is 10.8 Å². The summed E-state index contributed by atoms with van der Waals surface area (Å²) >= 11 is 0. The number of amides is 1. The lowest BCUT2D eigenvalue weighted by atomic mass is 9.75. The fraction of sp³-hybridized carbons (Fsp3) is 0.929. The molecule has 0 rings (SSSR count). The van der Waals surface area contributed by atoms with Gasteiger partial charge in [0.1, 0.15) is 0 Å². The lowest BCUT2D eigenvalue weighted by Crippen LogP contribution is -2.40. The van der Waals surface area contributed by atoms with Crippen LogP contribution < -0.4 is 5.32 Å². The maximum atomic E-state index is 11.8. The topological polar surface area (TPSA) is 38.3 Å². The van der Waals surface area contributed by atoms with Crippen LogP contribution in [0.3, 0.4) is 0 Å². The summed E-state index contributed by atoms with van der Waals surface area (Å²) in [6.45, 7) is 15.5. The first kappa shape index (κ1) is 18.8. The highest BCUT2D eigenvalue weighted by Crippen LogP contribution is 2.33. The van der Waals surface area contributed by atoms with Gasteiger partial charge in [0.15, 0.2) is 0 Å². The molecule has 0 atom stereocenters. The smallest absolute Gasteiger partial charge is 0.225 e. The van der Waals surface area contributed by atoms with Crippen molar-refractivity contribution in [3.8, 4) is 0 Å². The first-order chi connectivity index (χ1) is 7.75. The van der Waals surface area contributed by atoms with Crippen LogP contribution in [0.25, 0.3) is 0 Å². The number of nitrogens with one attached hydrogen (secondary N) is 1. The van der Waals surface area contributed by atoms with E-state index in [-0.39, 0.29) is 16.7 Å². The van der Waals surface area contributed by atoms with E-state index >= 15 is 0 Å². The molecule has 1 amide bonds. The van der Waals surface area contributed by atoms with Crippen molar-refractivity contribution in [2.45, 2.75) is 54.9 Å². The van der Waals surface area contributed by atoms with Crippen molar-refractivity contribution in [1.29, 1.82) is 0 Å². The third-order valence-corrected chi connectivity index (χ3v) is 2.41. The predicted octanol–water partition coefficient (Wildman–Crippen LogP) is 3.24. The van der Waals surface area contributed by atoms with E-state index in [1.807, 2.05) is 34.6 Å². The van der Waals surface area contributed by atoms with Crippen LogP contribution in [0.5, 0.6) is 0 Å². The van der Waals surface area contributed by atoms with E-state index in [2.05, 4.69) is 19.2 Å². The molecule has 0 aliphatic carbocycles. The Morgan fingerprint density at radius 2 is 1.65 bits per heavy atom. The molecule has 3 nitrogen and oxygen atoms in total.